The van der Waals surface area contributed by atoms with Crippen LogP contribution in [0, 0.1) is 0 Å². The van der Waals surface area contributed by atoms with Crippen LogP contribution in [-0.4, -0.2) is 34.3 Å². The van der Waals surface area contributed by atoms with Crippen molar-refractivity contribution >= 4 is 5.57 Å². The molecule has 2 N–H and O–H groups in total. The third-order valence-electron chi connectivity index (χ3n) is 1.95. The molecule has 0 aromatic carbocycles. The van der Waals surface area contributed by atoms with Gasteiger partial charge < -0.3 is 10.4 Å². The van der Waals surface area contributed by atoms with Crippen molar-refractivity contribution in [3.63, 3.8) is 0 Å². The van der Waals surface area contributed by atoms with Crippen LogP contribution in [-0.2, 0) is 0 Å². The smallest absolute Gasteiger partial charge is 0.0855 e. The first-order valence-electron chi connectivity index (χ1n) is 4.22. The molecule has 4 nitrogen and oxygen atoms in total. The van der Waals surface area contributed by atoms with Gasteiger partial charge in [-0.3, -0.25) is 9.97 Å². The van der Waals surface area contributed by atoms with Crippen LogP contribution in [0.3, 0.4) is 0 Å². The molecule has 4 heteroatoms. The van der Waals surface area contributed by atoms with Gasteiger partial charge in [-0.2, -0.15) is 0 Å². The number of hydrogen-bond acceptors (Lipinski definition) is 4. The zero-order valence-corrected chi connectivity index (χ0v) is 7.14. The van der Waals surface area contributed by atoms with E-state index in [1.807, 2.05) is 6.08 Å². The Labute approximate surface area is 76.3 Å². The molecule has 2 heterocycles. The predicted molar refractivity (Wildman–Crippen MR) is 48.9 cm³/mol. The molecule has 0 bridgehead atoms. The van der Waals surface area contributed by atoms with Crippen LogP contribution in [0.5, 0.6) is 0 Å². The SMILES string of the molecule is OC1C=C(c2cnccn2)CNC1. The van der Waals surface area contributed by atoms with Gasteiger partial charge in [0, 0.05) is 25.5 Å². The van der Waals surface area contributed by atoms with E-state index >= 15 is 0 Å². The number of nitrogens with zero attached hydrogens (tertiary/aromatic N) is 2. The molecule has 0 aliphatic carbocycles. The zero-order valence-electron chi connectivity index (χ0n) is 7.14. The first kappa shape index (κ1) is 8.34. The number of rotatable bonds is 1. The molecule has 0 fully saturated rings. The molecule has 0 amide bonds. The van der Waals surface area contributed by atoms with E-state index in [0.29, 0.717) is 6.54 Å². The van der Waals surface area contributed by atoms with Crippen LogP contribution in [0.25, 0.3) is 5.57 Å². The third kappa shape index (κ3) is 1.91. The summed E-state index contributed by atoms with van der Waals surface area (Å²) in [6.45, 7) is 1.36. The van der Waals surface area contributed by atoms with Gasteiger partial charge in [0.05, 0.1) is 18.0 Å². The molecular weight excluding hydrogens is 166 g/mol. The van der Waals surface area contributed by atoms with Gasteiger partial charge in [-0.15, -0.1) is 0 Å². The minimum Gasteiger partial charge on any atom is -0.388 e. The normalized spacial score (nSPS) is 22.5. The van der Waals surface area contributed by atoms with Crippen LogP contribution in [0.1, 0.15) is 5.69 Å². The lowest BCUT2D eigenvalue weighted by atomic mass is 10.1. The van der Waals surface area contributed by atoms with Gasteiger partial charge in [-0.05, 0) is 11.6 Å². The zero-order chi connectivity index (χ0) is 9.10. The maximum atomic E-state index is 9.35. The molecule has 13 heavy (non-hydrogen) atoms. The van der Waals surface area contributed by atoms with Gasteiger partial charge in [-0.1, -0.05) is 0 Å². The van der Waals surface area contributed by atoms with E-state index in [1.165, 1.54) is 0 Å². The van der Waals surface area contributed by atoms with Crippen LogP contribution in [0.4, 0.5) is 0 Å². The van der Waals surface area contributed by atoms with Gasteiger partial charge >= 0.3 is 0 Å². The summed E-state index contributed by atoms with van der Waals surface area (Å²) in [6, 6.07) is 0. The highest BCUT2D eigenvalue weighted by Gasteiger charge is 2.11. The van der Waals surface area contributed by atoms with Crippen molar-refractivity contribution in [2.24, 2.45) is 0 Å². The van der Waals surface area contributed by atoms with Crippen LogP contribution in [0.2, 0.25) is 0 Å². The standard InChI is InChI=1S/C9H11N3O/c13-8-3-7(4-11-5-8)9-6-10-1-2-12-9/h1-3,6,8,11,13H,4-5H2. The molecular formula is C9H11N3O. The van der Waals surface area contributed by atoms with E-state index in [2.05, 4.69) is 15.3 Å². The van der Waals surface area contributed by atoms with Crippen molar-refractivity contribution in [2.45, 2.75) is 6.10 Å². The van der Waals surface area contributed by atoms with E-state index in [0.717, 1.165) is 17.8 Å². The summed E-state index contributed by atoms with van der Waals surface area (Å²) in [5, 5.41) is 12.5. The van der Waals surface area contributed by atoms with Crippen LogP contribution >= 0.6 is 0 Å². The molecule has 0 radical (unpaired) electrons. The maximum Gasteiger partial charge on any atom is 0.0855 e. The number of hydrogen-bond donors (Lipinski definition) is 2. The van der Waals surface area contributed by atoms with Gasteiger partial charge in [0.15, 0.2) is 0 Å². The molecule has 0 saturated carbocycles. The van der Waals surface area contributed by atoms with Crippen molar-refractivity contribution in [1.29, 1.82) is 0 Å². The highest BCUT2D eigenvalue weighted by atomic mass is 16.3. The largest absolute Gasteiger partial charge is 0.388 e. The van der Waals surface area contributed by atoms with Gasteiger partial charge in [0.2, 0.25) is 0 Å². The number of nitrogens with one attached hydrogen (secondary N) is 1. The molecule has 1 aliphatic heterocycles. The molecule has 1 unspecified atom stereocenters. The average Bonchev–Trinajstić information content (AvgIpc) is 2.19. The fourth-order valence-electron chi connectivity index (χ4n) is 1.35. The Kier molecular flexibility index (Phi) is 2.33. The molecule has 1 aromatic heterocycles. The predicted octanol–water partition coefficient (Wildman–Crippen LogP) is -0.176. The Morgan fingerprint density at radius 2 is 2.38 bits per heavy atom. The Balaban J connectivity index is 2.26. The monoisotopic (exact) mass is 177 g/mol. The first-order chi connectivity index (χ1) is 6.36. The van der Waals surface area contributed by atoms with E-state index in [1.54, 1.807) is 18.6 Å². The third-order valence-corrected chi connectivity index (χ3v) is 1.95. The minimum atomic E-state index is -0.411. The molecule has 1 aliphatic rings. The summed E-state index contributed by atoms with van der Waals surface area (Å²) in [4.78, 5) is 8.13. The summed E-state index contributed by atoms with van der Waals surface area (Å²) >= 11 is 0. The molecule has 2 rings (SSSR count). The molecule has 0 spiro atoms. The van der Waals surface area contributed by atoms with E-state index < -0.39 is 6.10 Å². The fourth-order valence-corrected chi connectivity index (χ4v) is 1.35. The lowest BCUT2D eigenvalue weighted by Crippen LogP contribution is -2.31. The van der Waals surface area contributed by atoms with Crippen molar-refractivity contribution < 1.29 is 5.11 Å². The van der Waals surface area contributed by atoms with Gasteiger partial charge in [0.1, 0.15) is 0 Å². The summed E-state index contributed by atoms with van der Waals surface area (Å²) in [5.74, 6) is 0. The van der Waals surface area contributed by atoms with Crippen molar-refractivity contribution in [2.75, 3.05) is 13.1 Å². The average molecular weight is 177 g/mol. The molecule has 0 saturated heterocycles. The second-order valence-electron chi connectivity index (χ2n) is 2.98. The molecule has 1 aromatic rings. The van der Waals surface area contributed by atoms with Crippen molar-refractivity contribution in [1.82, 2.24) is 15.3 Å². The Bertz CT molecular complexity index is 310. The lowest BCUT2D eigenvalue weighted by molar-refractivity contribution is 0.217. The number of β-amino-alcohol motifs (C(OH)–C–C–N with tert-alkyl or cyclic N) is 1. The number of aliphatic hydroxyl groups is 1. The quantitative estimate of drug-likeness (QED) is 0.625. The van der Waals surface area contributed by atoms with Crippen molar-refractivity contribution in [3.8, 4) is 0 Å². The molecule has 1 atom stereocenters. The van der Waals surface area contributed by atoms with Crippen LogP contribution in [0.15, 0.2) is 24.7 Å². The van der Waals surface area contributed by atoms with E-state index in [9.17, 15) is 5.11 Å². The summed E-state index contributed by atoms with van der Waals surface area (Å²) < 4.78 is 0. The first-order valence-corrected chi connectivity index (χ1v) is 4.22. The second-order valence-corrected chi connectivity index (χ2v) is 2.98. The maximum absolute atomic E-state index is 9.35. The Morgan fingerprint density at radius 1 is 1.46 bits per heavy atom. The lowest BCUT2D eigenvalue weighted by Gasteiger charge is -2.17. The topological polar surface area (TPSA) is 58.0 Å². The van der Waals surface area contributed by atoms with Crippen molar-refractivity contribution in [3.05, 3.63) is 30.4 Å². The fraction of sp³-hybridized carbons (Fsp3) is 0.333. The Morgan fingerprint density at radius 3 is 3.08 bits per heavy atom. The summed E-state index contributed by atoms with van der Waals surface area (Å²) in [5.41, 5.74) is 1.83. The van der Waals surface area contributed by atoms with Gasteiger partial charge in [0.25, 0.3) is 0 Å². The minimum absolute atomic E-state index is 0.411. The number of aliphatic hydroxyl groups excluding tert-OH is 1. The van der Waals surface area contributed by atoms with Crippen LogP contribution < -0.4 is 5.32 Å². The Hall–Kier alpha value is -1.26. The summed E-state index contributed by atoms with van der Waals surface area (Å²) in [7, 11) is 0. The number of aromatic nitrogens is 2. The summed E-state index contributed by atoms with van der Waals surface area (Å²) in [6.07, 6.45) is 6.39. The molecule has 68 valence electrons. The highest BCUT2D eigenvalue weighted by molar-refractivity contribution is 5.64. The van der Waals surface area contributed by atoms with Gasteiger partial charge in [-0.25, -0.2) is 0 Å². The van der Waals surface area contributed by atoms with E-state index in [-0.39, 0.29) is 0 Å². The highest BCUT2D eigenvalue weighted by Crippen LogP contribution is 2.12. The second kappa shape index (κ2) is 3.64. The van der Waals surface area contributed by atoms with E-state index in [4.69, 9.17) is 0 Å².